The summed E-state index contributed by atoms with van der Waals surface area (Å²) in [4.78, 5) is 24.4. The van der Waals surface area contributed by atoms with E-state index in [2.05, 4.69) is 5.32 Å². The van der Waals surface area contributed by atoms with Gasteiger partial charge in [0, 0.05) is 13.6 Å². The van der Waals surface area contributed by atoms with Crippen LogP contribution in [0.15, 0.2) is 18.2 Å². The van der Waals surface area contributed by atoms with Gasteiger partial charge in [-0.05, 0) is 24.1 Å². The fourth-order valence-corrected chi connectivity index (χ4v) is 1.66. The summed E-state index contributed by atoms with van der Waals surface area (Å²) < 4.78 is 0. The van der Waals surface area contributed by atoms with Gasteiger partial charge < -0.3 is 20.4 Å². The van der Waals surface area contributed by atoms with Gasteiger partial charge in [0.05, 0.1) is 11.3 Å². The standard InChI is InChI=1S/C13H18N2O4/c1-8(2)7-15(3)13(19)14-11-5-4-9(16)6-10(11)12(17)18/h4-6,8,16H,7H2,1-3H3,(H,14,19)(H,17,18). The zero-order valence-corrected chi connectivity index (χ0v) is 11.2. The third-order valence-electron chi connectivity index (χ3n) is 2.46. The molecule has 0 fully saturated rings. The highest BCUT2D eigenvalue weighted by Crippen LogP contribution is 2.21. The summed E-state index contributed by atoms with van der Waals surface area (Å²) in [6.07, 6.45) is 0. The van der Waals surface area contributed by atoms with E-state index in [0.29, 0.717) is 12.5 Å². The number of anilines is 1. The van der Waals surface area contributed by atoms with Gasteiger partial charge in [0.1, 0.15) is 5.75 Å². The smallest absolute Gasteiger partial charge is 0.337 e. The fraction of sp³-hybridized carbons (Fsp3) is 0.385. The van der Waals surface area contributed by atoms with Crippen molar-refractivity contribution < 1.29 is 19.8 Å². The van der Waals surface area contributed by atoms with E-state index >= 15 is 0 Å². The number of rotatable bonds is 4. The first kappa shape index (κ1) is 14.8. The van der Waals surface area contributed by atoms with Crippen LogP contribution in [0.25, 0.3) is 0 Å². The number of hydrogen-bond donors (Lipinski definition) is 3. The van der Waals surface area contributed by atoms with E-state index in [1.54, 1.807) is 7.05 Å². The number of phenolic OH excluding ortho intramolecular Hbond substituents is 1. The number of urea groups is 1. The normalized spacial score (nSPS) is 10.3. The van der Waals surface area contributed by atoms with Gasteiger partial charge in [-0.15, -0.1) is 0 Å². The number of amides is 2. The van der Waals surface area contributed by atoms with Crippen molar-refractivity contribution in [1.82, 2.24) is 4.90 Å². The van der Waals surface area contributed by atoms with Crippen molar-refractivity contribution in [3.63, 3.8) is 0 Å². The number of carboxylic acid groups (broad SMARTS) is 1. The van der Waals surface area contributed by atoms with Gasteiger partial charge in [0.15, 0.2) is 0 Å². The number of aromatic carboxylic acids is 1. The van der Waals surface area contributed by atoms with Crippen molar-refractivity contribution in [3.8, 4) is 5.75 Å². The van der Waals surface area contributed by atoms with Gasteiger partial charge >= 0.3 is 12.0 Å². The van der Waals surface area contributed by atoms with Crippen LogP contribution in [0.1, 0.15) is 24.2 Å². The Morgan fingerprint density at radius 1 is 1.37 bits per heavy atom. The van der Waals surface area contributed by atoms with Crippen molar-refractivity contribution >= 4 is 17.7 Å². The second-order valence-corrected chi connectivity index (χ2v) is 4.74. The molecule has 0 aromatic heterocycles. The lowest BCUT2D eigenvalue weighted by Gasteiger charge is -2.20. The summed E-state index contributed by atoms with van der Waals surface area (Å²) in [6, 6.07) is 3.40. The third kappa shape index (κ3) is 4.17. The molecule has 2 amide bonds. The molecule has 0 aliphatic carbocycles. The van der Waals surface area contributed by atoms with Crippen LogP contribution < -0.4 is 5.32 Å². The maximum Gasteiger partial charge on any atom is 0.337 e. The number of nitrogens with zero attached hydrogens (tertiary/aromatic N) is 1. The largest absolute Gasteiger partial charge is 0.508 e. The molecule has 0 atom stereocenters. The first-order valence-electron chi connectivity index (χ1n) is 5.89. The molecule has 1 aromatic rings. The molecule has 3 N–H and O–H groups in total. The van der Waals surface area contributed by atoms with Gasteiger partial charge in [0.2, 0.25) is 0 Å². The Hall–Kier alpha value is -2.24. The van der Waals surface area contributed by atoms with Gasteiger partial charge in [-0.25, -0.2) is 9.59 Å². The Morgan fingerprint density at radius 2 is 2.00 bits per heavy atom. The quantitative estimate of drug-likeness (QED) is 0.729. The molecular formula is C13H18N2O4. The van der Waals surface area contributed by atoms with Crippen molar-refractivity contribution in [3.05, 3.63) is 23.8 Å². The molecule has 1 aromatic carbocycles. The number of phenols is 1. The van der Waals surface area contributed by atoms with E-state index in [-0.39, 0.29) is 23.0 Å². The SMILES string of the molecule is CC(C)CN(C)C(=O)Nc1ccc(O)cc1C(=O)O. The van der Waals surface area contributed by atoms with Gasteiger partial charge in [-0.3, -0.25) is 0 Å². The number of carboxylic acids is 1. The molecule has 19 heavy (non-hydrogen) atoms. The van der Waals surface area contributed by atoms with Crippen molar-refractivity contribution in [2.75, 3.05) is 18.9 Å². The van der Waals surface area contributed by atoms with E-state index in [9.17, 15) is 14.7 Å². The summed E-state index contributed by atoms with van der Waals surface area (Å²) in [5.74, 6) is -1.06. The van der Waals surface area contributed by atoms with Crippen LogP contribution in [0.3, 0.4) is 0 Å². The van der Waals surface area contributed by atoms with Crippen LogP contribution in [0.5, 0.6) is 5.75 Å². The van der Waals surface area contributed by atoms with Crippen LogP contribution in [0.2, 0.25) is 0 Å². The fourth-order valence-electron chi connectivity index (χ4n) is 1.66. The van der Waals surface area contributed by atoms with Crippen molar-refractivity contribution in [2.24, 2.45) is 5.92 Å². The Morgan fingerprint density at radius 3 is 2.53 bits per heavy atom. The summed E-state index contributed by atoms with van der Waals surface area (Å²) in [7, 11) is 1.64. The Balaban J connectivity index is 2.87. The number of carbonyl (C=O) groups is 2. The maximum atomic E-state index is 11.9. The molecule has 0 aliphatic heterocycles. The Kier molecular flexibility index (Phi) is 4.74. The predicted octanol–water partition coefficient (Wildman–Crippen LogP) is 2.21. The second-order valence-electron chi connectivity index (χ2n) is 4.74. The monoisotopic (exact) mass is 266 g/mol. The molecule has 0 aliphatic rings. The van der Waals surface area contributed by atoms with Crippen molar-refractivity contribution in [1.29, 1.82) is 0 Å². The molecule has 0 saturated heterocycles. The van der Waals surface area contributed by atoms with E-state index < -0.39 is 5.97 Å². The number of carbonyl (C=O) groups excluding carboxylic acids is 1. The number of benzene rings is 1. The molecule has 0 spiro atoms. The molecule has 6 nitrogen and oxygen atoms in total. The van der Waals surface area contributed by atoms with Crippen LogP contribution in [-0.2, 0) is 0 Å². The van der Waals surface area contributed by atoms with E-state index in [1.807, 2.05) is 13.8 Å². The molecule has 0 saturated carbocycles. The first-order chi connectivity index (χ1) is 8.81. The summed E-state index contributed by atoms with van der Waals surface area (Å²) >= 11 is 0. The number of hydrogen-bond acceptors (Lipinski definition) is 3. The van der Waals surface area contributed by atoms with Gasteiger partial charge in [-0.1, -0.05) is 13.8 Å². The summed E-state index contributed by atoms with van der Waals surface area (Å²) in [5, 5.41) is 20.8. The summed E-state index contributed by atoms with van der Waals surface area (Å²) in [5.41, 5.74) is 0.0113. The lowest BCUT2D eigenvalue weighted by Crippen LogP contribution is -2.34. The van der Waals surface area contributed by atoms with Crippen molar-refractivity contribution in [2.45, 2.75) is 13.8 Å². The maximum absolute atomic E-state index is 11.9. The molecule has 0 heterocycles. The molecule has 1 rings (SSSR count). The van der Waals surface area contributed by atoms with E-state index in [0.717, 1.165) is 6.07 Å². The molecule has 6 heteroatoms. The molecule has 104 valence electrons. The Labute approximate surface area is 111 Å². The average Bonchev–Trinajstić information content (AvgIpc) is 2.30. The van der Waals surface area contributed by atoms with E-state index in [4.69, 9.17) is 5.11 Å². The zero-order chi connectivity index (χ0) is 14.6. The average molecular weight is 266 g/mol. The highest BCUT2D eigenvalue weighted by molar-refractivity contribution is 6.00. The molecular weight excluding hydrogens is 248 g/mol. The minimum atomic E-state index is -1.21. The van der Waals surface area contributed by atoms with Crippen LogP contribution in [0.4, 0.5) is 10.5 Å². The molecule has 0 radical (unpaired) electrons. The minimum Gasteiger partial charge on any atom is -0.508 e. The predicted molar refractivity (Wildman–Crippen MR) is 71.6 cm³/mol. The van der Waals surface area contributed by atoms with Crippen LogP contribution >= 0.6 is 0 Å². The molecule has 0 bridgehead atoms. The van der Waals surface area contributed by atoms with E-state index in [1.165, 1.54) is 17.0 Å². The van der Waals surface area contributed by atoms with Crippen LogP contribution in [0, 0.1) is 5.92 Å². The zero-order valence-electron chi connectivity index (χ0n) is 11.2. The lowest BCUT2D eigenvalue weighted by atomic mass is 10.1. The Bertz CT molecular complexity index is 486. The number of nitrogens with one attached hydrogen (secondary N) is 1. The highest BCUT2D eigenvalue weighted by Gasteiger charge is 2.16. The summed E-state index contributed by atoms with van der Waals surface area (Å²) in [6.45, 7) is 4.52. The van der Waals surface area contributed by atoms with Crippen LogP contribution in [-0.4, -0.2) is 40.7 Å². The topological polar surface area (TPSA) is 89.9 Å². The third-order valence-corrected chi connectivity index (χ3v) is 2.46. The minimum absolute atomic E-state index is 0.147. The molecule has 0 unspecified atom stereocenters. The van der Waals surface area contributed by atoms with Gasteiger partial charge in [0.25, 0.3) is 0 Å². The van der Waals surface area contributed by atoms with Gasteiger partial charge in [-0.2, -0.15) is 0 Å². The lowest BCUT2D eigenvalue weighted by molar-refractivity contribution is 0.0697. The first-order valence-corrected chi connectivity index (χ1v) is 5.89. The highest BCUT2D eigenvalue weighted by atomic mass is 16.4. The number of aromatic hydroxyl groups is 1. The second kappa shape index (κ2) is 6.08.